The highest BCUT2D eigenvalue weighted by molar-refractivity contribution is 6.76. The molecule has 0 bridgehead atoms. The minimum Gasteiger partial charge on any atom is -0.361 e. The summed E-state index contributed by atoms with van der Waals surface area (Å²) in [6.07, 6.45) is 8.62. The molecule has 0 saturated carbocycles. The Bertz CT molecular complexity index is 592. The highest BCUT2D eigenvalue weighted by Crippen LogP contribution is 2.18. The van der Waals surface area contributed by atoms with E-state index in [9.17, 15) is 0 Å². The van der Waals surface area contributed by atoms with Crippen molar-refractivity contribution in [3.63, 3.8) is 0 Å². The normalized spacial score (nSPS) is 11.8. The van der Waals surface area contributed by atoms with Crippen LogP contribution in [0.3, 0.4) is 0 Å². The Kier molecular flexibility index (Phi) is 6.47. The molecule has 23 heavy (non-hydrogen) atoms. The number of hydrogen-bond donors (Lipinski definition) is 0. The quantitative estimate of drug-likeness (QED) is 0.514. The van der Waals surface area contributed by atoms with Crippen LogP contribution in [-0.4, -0.2) is 34.2 Å². The largest absolute Gasteiger partial charge is 0.361 e. The lowest BCUT2D eigenvalue weighted by atomic mass is 10.2. The van der Waals surface area contributed by atoms with Crippen LogP contribution < -0.4 is 0 Å². The van der Waals surface area contributed by atoms with Gasteiger partial charge in [-0.1, -0.05) is 33.0 Å². The van der Waals surface area contributed by atoms with Gasteiger partial charge in [0.25, 0.3) is 0 Å². The lowest BCUT2D eigenvalue weighted by Gasteiger charge is -2.17. The molecule has 0 aliphatic heterocycles. The van der Waals surface area contributed by atoms with E-state index >= 15 is 0 Å². The lowest BCUT2D eigenvalue weighted by Crippen LogP contribution is -2.22. The number of hydrogen-bond acceptors (Lipinski definition) is 4. The van der Waals surface area contributed by atoms with Crippen LogP contribution in [0, 0.1) is 0 Å². The second kappa shape index (κ2) is 8.36. The minimum atomic E-state index is -1.07. The molecule has 0 amide bonds. The first-order chi connectivity index (χ1) is 11.0. The fourth-order valence-corrected chi connectivity index (χ4v) is 2.99. The second-order valence-electron chi connectivity index (χ2n) is 7.01. The second-order valence-corrected chi connectivity index (χ2v) is 12.6. The molecular formula is C17H28N4OSi. The Hall–Kier alpha value is -1.53. The molecule has 126 valence electrons. The zero-order chi connectivity index (χ0) is 16.7. The monoisotopic (exact) mass is 332 g/mol. The summed E-state index contributed by atoms with van der Waals surface area (Å²) in [5.41, 5.74) is 0.935. The van der Waals surface area contributed by atoms with Crippen molar-refractivity contribution in [1.82, 2.24) is 19.5 Å². The van der Waals surface area contributed by atoms with Crippen molar-refractivity contribution in [3.8, 4) is 11.5 Å². The first-order valence-corrected chi connectivity index (χ1v) is 12.1. The standard InChI is InChI=1S/C17H28N4OSi/c1-5-6-8-16-20-13-15(17-18-9-7-10-19-17)21(16)14-22-11-12-23(2,3)4/h7,9-10,13H,5-6,8,11-12,14H2,1-4H3. The van der Waals surface area contributed by atoms with E-state index in [-0.39, 0.29) is 0 Å². The molecule has 0 fully saturated rings. The number of rotatable bonds is 9. The van der Waals surface area contributed by atoms with E-state index in [2.05, 4.69) is 46.1 Å². The van der Waals surface area contributed by atoms with Crippen molar-refractivity contribution in [3.05, 3.63) is 30.5 Å². The van der Waals surface area contributed by atoms with Gasteiger partial charge in [0.15, 0.2) is 5.82 Å². The van der Waals surface area contributed by atoms with Crippen molar-refractivity contribution in [2.45, 2.75) is 58.6 Å². The van der Waals surface area contributed by atoms with E-state index in [0.717, 1.165) is 37.4 Å². The number of aryl methyl sites for hydroxylation is 1. The predicted octanol–water partition coefficient (Wildman–Crippen LogP) is 4.00. The average Bonchev–Trinajstić information content (AvgIpc) is 2.92. The van der Waals surface area contributed by atoms with E-state index in [1.54, 1.807) is 12.4 Å². The molecule has 6 heteroatoms. The summed E-state index contributed by atoms with van der Waals surface area (Å²) in [5, 5.41) is 0. The van der Waals surface area contributed by atoms with Gasteiger partial charge in [0.2, 0.25) is 0 Å². The summed E-state index contributed by atoms with van der Waals surface area (Å²) in [5.74, 6) is 1.76. The average molecular weight is 333 g/mol. The van der Waals surface area contributed by atoms with Gasteiger partial charge in [-0.25, -0.2) is 15.0 Å². The van der Waals surface area contributed by atoms with E-state index in [0.29, 0.717) is 12.6 Å². The predicted molar refractivity (Wildman–Crippen MR) is 96.0 cm³/mol. The molecule has 0 aliphatic carbocycles. The van der Waals surface area contributed by atoms with E-state index in [1.807, 2.05) is 12.3 Å². The van der Waals surface area contributed by atoms with Crippen LogP contribution in [0.25, 0.3) is 11.5 Å². The summed E-state index contributed by atoms with van der Waals surface area (Å²) in [6, 6.07) is 3.00. The van der Waals surface area contributed by atoms with Gasteiger partial charge in [-0.2, -0.15) is 0 Å². The van der Waals surface area contributed by atoms with Crippen molar-refractivity contribution >= 4 is 8.07 Å². The molecule has 0 aliphatic rings. The smallest absolute Gasteiger partial charge is 0.177 e. The molecule has 2 heterocycles. The molecule has 0 spiro atoms. The van der Waals surface area contributed by atoms with Gasteiger partial charge < -0.3 is 9.30 Å². The number of aromatic nitrogens is 4. The third-order valence-corrected chi connectivity index (χ3v) is 5.41. The Balaban J connectivity index is 2.11. The molecule has 0 radical (unpaired) electrons. The molecule has 2 rings (SSSR count). The fourth-order valence-electron chi connectivity index (χ4n) is 2.24. The van der Waals surface area contributed by atoms with Crippen molar-refractivity contribution in [2.75, 3.05) is 6.61 Å². The molecule has 2 aromatic heterocycles. The van der Waals surface area contributed by atoms with E-state index in [4.69, 9.17) is 4.74 Å². The summed E-state index contributed by atoms with van der Waals surface area (Å²) < 4.78 is 8.06. The van der Waals surface area contributed by atoms with Gasteiger partial charge in [-0.15, -0.1) is 0 Å². The van der Waals surface area contributed by atoms with Crippen LogP contribution in [0.2, 0.25) is 25.7 Å². The summed E-state index contributed by atoms with van der Waals surface area (Å²) in [7, 11) is -1.07. The molecular weight excluding hydrogens is 304 g/mol. The summed E-state index contributed by atoms with van der Waals surface area (Å²) in [4.78, 5) is 13.3. The van der Waals surface area contributed by atoms with Gasteiger partial charge in [-0.05, 0) is 18.5 Å². The van der Waals surface area contributed by atoms with Crippen molar-refractivity contribution < 1.29 is 4.74 Å². The van der Waals surface area contributed by atoms with Crippen LogP contribution in [0.15, 0.2) is 24.7 Å². The molecule has 0 aromatic carbocycles. The SMILES string of the molecule is CCCCc1ncc(-c2ncccn2)n1COCC[Si](C)(C)C. The van der Waals surface area contributed by atoms with Gasteiger partial charge in [0.1, 0.15) is 18.2 Å². The molecule has 0 N–H and O–H groups in total. The minimum absolute atomic E-state index is 0.525. The molecule has 2 aromatic rings. The van der Waals surface area contributed by atoms with Crippen LogP contribution in [-0.2, 0) is 17.9 Å². The molecule has 0 saturated heterocycles. The third kappa shape index (κ3) is 5.55. The Morgan fingerprint density at radius 1 is 1.13 bits per heavy atom. The summed E-state index contributed by atoms with van der Waals surface area (Å²) in [6.45, 7) is 10.6. The van der Waals surface area contributed by atoms with Crippen LogP contribution in [0.5, 0.6) is 0 Å². The van der Waals surface area contributed by atoms with Gasteiger partial charge in [0, 0.05) is 33.5 Å². The molecule has 0 unspecified atom stereocenters. The maximum absolute atomic E-state index is 5.94. The van der Waals surface area contributed by atoms with Crippen LogP contribution in [0.4, 0.5) is 0 Å². The molecule has 5 nitrogen and oxygen atoms in total. The Morgan fingerprint density at radius 3 is 2.52 bits per heavy atom. The topological polar surface area (TPSA) is 52.8 Å². The summed E-state index contributed by atoms with van der Waals surface area (Å²) >= 11 is 0. The van der Waals surface area contributed by atoms with Gasteiger partial charge >= 0.3 is 0 Å². The van der Waals surface area contributed by atoms with Crippen molar-refractivity contribution in [1.29, 1.82) is 0 Å². The fraction of sp³-hybridized carbons (Fsp3) is 0.588. The highest BCUT2D eigenvalue weighted by atomic mass is 28.3. The number of unbranched alkanes of at least 4 members (excludes halogenated alkanes) is 1. The maximum atomic E-state index is 5.94. The number of nitrogens with zero attached hydrogens (tertiary/aromatic N) is 4. The van der Waals surface area contributed by atoms with Gasteiger partial charge in [0.05, 0.1) is 6.20 Å². The van der Waals surface area contributed by atoms with Crippen LogP contribution >= 0.6 is 0 Å². The van der Waals surface area contributed by atoms with E-state index < -0.39 is 8.07 Å². The number of imidazole rings is 1. The Morgan fingerprint density at radius 2 is 1.87 bits per heavy atom. The van der Waals surface area contributed by atoms with E-state index in [1.165, 1.54) is 6.04 Å². The first kappa shape index (κ1) is 17.8. The van der Waals surface area contributed by atoms with Crippen molar-refractivity contribution in [2.24, 2.45) is 0 Å². The maximum Gasteiger partial charge on any atom is 0.177 e. The van der Waals surface area contributed by atoms with Gasteiger partial charge in [-0.3, -0.25) is 0 Å². The zero-order valence-electron chi connectivity index (χ0n) is 14.7. The lowest BCUT2D eigenvalue weighted by molar-refractivity contribution is 0.0860. The Labute approximate surface area is 140 Å². The molecule has 0 atom stereocenters. The first-order valence-electron chi connectivity index (χ1n) is 8.41. The third-order valence-electron chi connectivity index (χ3n) is 3.70. The number of ether oxygens (including phenoxy) is 1. The highest BCUT2D eigenvalue weighted by Gasteiger charge is 2.15. The zero-order valence-corrected chi connectivity index (χ0v) is 15.7. The van der Waals surface area contributed by atoms with Crippen LogP contribution in [0.1, 0.15) is 25.6 Å².